The summed E-state index contributed by atoms with van der Waals surface area (Å²) >= 11 is 1.59. The van der Waals surface area contributed by atoms with Crippen LogP contribution < -0.4 is 0 Å². The Balaban J connectivity index is 2.64. The number of hydrogen-bond acceptors (Lipinski definition) is 5. The normalized spacial score (nSPS) is 11.1. The Bertz CT molecular complexity index is 524. The molecule has 0 aromatic carbocycles. The fourth-order valence-corrected chi connectivity index (χ4v) is 2.21. The molecule has 0 bridgehead atoms. The highest BCUT2D eigenvalue weighted by Crippen LogP contribution is 2.28. The Morgan fingerprint density at radius 1 is 1.31 bits per heavy atom. The van der Waals surface area contributed by atoms with E-state index in [0.717, 1.165) is 20.4 Å². The number of aromatic nitrogens is 4. The predicted octanol–water partition coefficient (Wildman–Crippen LogP) is 1.63. The Morgan fingerprint density at radius 3 is 3.31 bits per heavy atom. The second-order valence-electron chi connectivity index (χ2n) is 2.59. The largest absolute Gasteiger partial charge is 0.264 e. The summed E-state index contributed by atoms with van der Waals surface area (Å²) in [5, 5.41) is 8.79. The first-order valence-corrected chi connectivity index (χ1v) is 4.57. The summed E-state index contributed by atoms with van der Waals surface area (Å²) < 4.78 is 1.15. The summed E-state index contributed by atoms with van der Waals surface area (Å²) in [5.41, 5.74) is 0.892. The Hall–Kier alpha value is -1.62. The molecular formula is C8H4N4S. The molecule has 0 spiro atoms. The molecule has 0 atom stereocenters. The van der Waals surface area contributed by atoms with Crippen molar-refractivity contribution < 1.29 is 0 Å². The quantitative estimate of drug-likeness (QED) is 0.538. The van der Waals surface area contributed by atoms with Gasteiger partial charge in [-0.3, -0.25) is 4.98 Å². The van der Waals surface area contributed by atoms with Crippen molar-refractivity contribution in [3.63, 3.8) is 0 Å². The van der Waals surface area contributed by atoms with Crippen LogP contribution >= 0.6 is 11.3 Å². The Kier molecular flexibility index (Phi) is 1.28. The molecule has 3 aromatic heterocycles. The van der Waals surface area contributed by atoms with Gasteiger partial charge in [-0.15, -0.1) is 21.5 Å². The van der Waals surface area contributed by atoms with Crippen LogP contribution in [-0.4, -0.2) is 20.2 Å². The molecule has 4 nitrogen and oxygen atoms in total. The third kappa shape index (κ3) is 0.905. The summed E-state index contributed by atoms with van der Waals surface area (Å²) in [6.07, 6.45) is 5.04. The summed E-state index contributed by atoms with van der Waals surface area (Å²) in [7, 11) is 0. The van der Waals surface area contributed by atoms with Gasteiger partial charge in [0.25, 0.3) is 0 Å². The van der Waals surface area contributed by atoms with Crippen LogP contribution in [0.15, 0.2) is 24.8 Å². The van der Waals surface area contributed by atoms with Gasteiger partial charge < -0.3 is 0 Å². The van der Waals surface area contributed by atoms with Crippen LogP contribution in [0, 0.1) is 0 Å². The smallest absolute Gasteiger partial charge is 0.165 e. The van der Waals surface area contributed by atoms with E-state index < -0.39 is 0 Å². The lowest BCUT2D eigenvalue weighted by atomic mass is 10.3. The van der Waals surface area contributed by atoms with Crippen molar-refractivity contribution in [2.45, 2.75) is 0 Å². The number of pyridine rings is 1. The standard InChI is InChI=1S/C8H4N4S/c1-2-9-3-5-6(1)13-8-7(5)10-4-11-12-8/h1-4H. The summed E-state index contributed by atoms with van der Waals surface area (Å²) in [4.78, 5) is 9.09. The first kappa shape index (κ1) is 6.85. The molecule has 5 heteroatoms. The van der Waals surface area contributed by atoms with Crippen molar-refractivity contribution in [1.82, 2.24) is 20.2 Å². The molecule has 0 saturated heterocycles. The van der Waals surface area contributed by atoms with Gasteiger partial charge in [0.1, 0.15) is 11.8 Å². The maximum Gasteiger partial charge on any atom is 0.165 e. The van der Waals surface area contributed by atoms with Crippen molar-refractivity contribution in [3.8, 4) is 0 Å². The molecule has 0 aliphatic rings. The lowest BCUT2D eigenvalue weighted by molar-refractivity contribution is 1.03. The number of rotatable bonds is 0. The summed E-state index contributed by atoms with van der Waals surface area (Å²) in [6.45, 7) is 0. The van der Waals surface area contributed by atoms with Crippen LogP contribution in [0.3, 0.4) is 0 Å². The Labute approximate surface area is 77.3 Å². The molecule has 3 rings (SSSR count). The van der Waals surface area contributed by atoms with Crippen molar-refractivity contribution in [2.75, 3.05) is 0 Å². The van der Waals surface area contributed by atoms with Crippen molar-refractivity contribution in [3.05, 3.63) is 24.8 Å². The second kappa shape index (κ2) is 2.43. The van der Waals surface area contributed by atoms with E-state index in [0.29, 0.717) is 0 Å². The maximum atomic E-state index is 4.17. The van der Waals surface area contributed by atoms with E-state index in [-0.39, 0.29) is 0 Å². The molecule has 3 aromatic rings. The van der Waals surface area contributed by atoms with Crippen LogP contribution in [0.4, 0.5) is 0 Å². The zero-order valence-electron chi connectivity index (χ0n) is 6.51. The van der Waals surface area contributed by atoms with E-state index in [1.54, 1.807) is 17.5 Å². The van der Waals surface area contributed by atoms with E-state index in [4.69, 9.17) is 0 Å². The van der Waals surface area contributed by atoms with Crippen molar-refractivity contribution in [1.29, 1.82) is 0 Å². The van der Waals surface area contributed by atoms with E-state index in [9.17, 15) is 0 Å². The van der Waals surface area contributed by atoms with Gasteiger partial charge in [-0.05, 0) is 6.07 Å². The number of nitrogens with zero attached hydrogens (tertiary/aromatic N) is 4. The number of thiophene rings is 1. The molecule has 0 fully saturated rings. The zero-order valence-corrected chi connectivity index (χ0v) is 7.32. The molecule has 0 aliphatic carbocycles. The predicted molar refractivity (Wildman–Crippen MR) is 50.5 cm³/mol. The molecule has 0 N–H and O–H groups in total. The van der Waals surface area contributed by atoms with Crippen LogP contribution in [0.25, 0.3) is 20.4 Å². The third-order valence-corrected chi connectivity index (χ3v) is 2.88. The Morgan fingerprint density at radius 2 is 2.31 bits per heavy atom. The van der Waals surface area contributed by atoms with Crippen LogP contribution in [-0.2, 0) is 0 Å². The summed E-state index contributed by atoms with van der Waals surface area (Å²) in [5.74, 6) is 0. The number of fused-ring (bicyclic) bond motifs is 3. The molecule has 0 unspecified atom stereocenters. The van der Waals surface area contributed by atoms with Gasteiger partial charge in [0.15, 0.2) is 4.83 Å². The molecule has 3 heterocycles. The molecular weight excluding hydrogens is 184 g/mol. The third-order valence-electron chi connectivity index (χ3n) is 1.83. The van der Waals surface area contributed by atoms with Crippen LogP contribution in [0.2, 0.25) is 0 Å². The molecule has 0 saturated carbocycles. The maximum absolute atomic E-state index is 4.17. The molecule has 0 radical (unpaired) electrons. The lowest BCUT2D eigenvalue weighted by Gasteiger charge is -1.85. The average Bonchev–Trinajstić information content (AvgIpc) is 2.56. The first-order chi connectivity index (χ1) is 6.45. The van der Waals surface area contributed by atoms with Gasteiger partial charge in [0.05, 0.1) is 0 Å². The minimum Gasteiger partial charge on any atom is -0.264 e. The minimum atomic E-state index is 0.866. The van der Waals surface area contributed by atoms with Crippen molar-refractivity contribution >= 4 is 31.8 Å². The fourth-order valence-electron chi connectivity index (χ4n) is 1.27. The average molecular weight is 188 g/mol. The van der Waals surface area contributed by atoms with Gasteiger partial charge in [-0.2, -0.15) is 0 Å². The lowest BCUT2D eigenvalue weighted by Crippen LogP contribution is -1.81. The van der Waals surface area contributed by atoms with Crippen molar-refractivity contribution in [2.24, 2.45) is 0 Å². The van der Waals surface area contributed by atoms with E-state index in [1.165, 1.54) is 6.33 Å². The summed E-state index contributed by atoms with van der Waals surface area (Å²) in [6, 6.07) is 1.96. The highest BCUT2D eigenvalue weighted by Gasteiger charge is 2.05. The highest BCUT2D eigenvalue weighted by atomic mass is 32.1. The van der Waals surface area contributed by atoms with Gasteiger partial charge in [-0.25, -0.2) is 4.98 Å². The van der Waals surface area contributed by atoms with Gasteiger partial charge in [0.2, 0.25) is 0 Å². The van der Waals surface area contributed by atoms with E-state index >= 15 is 0 Å². The second-order valence-corrected chi connectivity index (χ2v) is 3.62. The first-order valence-electron chi connectivity index (χ1n) is 3.75. The van der Waals surface area contributed by atoms with Crippen LogP contribution in [0.5, 0.6) is 0 Å². The molecule has 0 aliphatic heterocycles. The van der Waals surface area contributed by atoms with E-state index in [1.807, 2.05) is 12.3 Å². The highest BCUT2D eigenvalue weighted by molar-refractivity contribution is 7.25. The fraction of sp³-hybridized carbons (Fsp3) is 0. The van der Waals surface area contributed by atoms with Crippen LogP contribution in [0.1, 0.15) is 0 Å². The minimum absolute atomic E-state index is 0.866. The number of hydrogen-bond donors (Lipinski definition) is 0. The zero-order chi connectivity index (χ0) is 8.67. The SMILES string of the molecule is c1cc2sc3nncnc3c2cn1. The van der Waals surface area contributed by atoms with Gasteiger partial charge in [-0.1, -0.05) is 0 Å². The van der Waals surface area contributed by atoms with Gasteiger partial charge >= 0.3 is 0 Å². The molecule has 62 valence electrons. The molecule has 0 amide bonds. The van der Waals surface area contributed by atoms with Gasteiger partial charge in [0, 0.05) is 22.5 Å². The molecule has 13 heavy (non-hydrogen) atoms. The monoisotopic (exact) mass is 188 g/mol. The topological polar surface area (TPSA) is 51.6 Å². The van der Waals surface area contributed by atoms with E-state index in [2.05, 4.69) is 20.2 Å².